The molecular weight excluding hydrogens is 238 g/mol. The number of ether oxygens (including phenoxy) is 1. The second kappa shape index (κ2) is 3.68. The third kappa shape index (κ3) is 1.66. The first-order chi connectivity index (χ1) is 8.00. The predicted molar refractivity (Wildman–Crippen MR) is 65.2 cm³/mol. The molecule has 2 saturated carbocycles. The molecule has 0 amide bonds. The highest BCUT2D eigenvalue weighted by Gasteiger charge is 2.63. The number of sulfone groups is 1. The van der Waals surface area contributed by atoms with Crippen molar-refractivity contribution < 1.29 is 13.2 Å². The molecule has 1 heterocycles. The van der Waals surface area contributed by atoms with Gasteiger partial charge in [-0.2, -0.15) is 0 Å². The fourth-order valence-electron chi connectivity index (χ4n) is 4.61. The molecule has 1 saturated heterocycles. The Kier molecular flexibility index (Phi) is 2.58. The van der Waals surface area contributed by atoms with Crippen molar-refractivity contribution in [2.24, 2.45) is 34.8 Å². The van der Waals surface area contributed by atoms with Gasteiger partial charge in [0.25, 0.3) is 0 Å². The Balaban J connectivity index is 1.76. The number of nitrogens with two attached hydrogens (primary N) is 1. The molecule has 0 bridgehead atoms. The van der Waals surface area contributed by atoms with Gasteiger partial charge in [0, 0.05) is 19.1 Å². The van der Waals surface area contributed by atoms with Crippen molar-refractivity contribution in [1.29, 1.82) is 0 Å². The third-order valence-electron chi connectivity index (χ3n) is 5.31. The molecule has 3 rings (SSSR count). The highest BCUT2D eigenvalue weighted by Crippen LogP contribution is 2.63. The van der Waals surface area contributed by atoms with Crippen molar-refractivity contribution in [2.45, 2.75) is 12.8 Å². The zero-order valence-electron chi connectivity index (χ0n) is 10.3. The summed E-state index contributed by atoms with van der Waals surface area (Å²) >= 11 is 0. The van der Waals surface area contributed by atoms with Gasteiger partial charge in [-0.1, -0.05) is 0 Å². The molecule has 0 aromatic heterocycles. The van der Waals surface area contributed by atoms with Crippen molar-refractivity contribution >= 4 is 9.84 Å². The Morgan fingerprint density at radius 1 is 1.18 bits per heavy atom. The summed E-state index contributed by atoms with van der Waals surface area (Å²) in [5, 5.41) is 0. The van der Waals surface area contributed by atoms with Crippen molar-refractivity contribution in [3.63, 3.8) is 0 Å². The van der Waals surface area contributed by atoms with E-state index >= 15 is 0 Å². The predicted octanol–water partition coefficient (Wildman–Crippen LogP) is 0.279. The standard InChI is InChI=1S/C12H21NO3S/c1-16-7-12(6-13)2-8-9(3-12)11-5-17(14,15)4-10(8)11/h8-11H,2-7,13H2,1H3/t8-,9+,10-,11+,12?. The molecule has 0 radical (unpaired) electrons. The third-order valence-corrected chi connectivity index (χ3v) is 7.10. The molecule has 1 aliphatic heterocycles. The molecule has 3 fully saturated rings. The van der Waals surface area contributed by atoms with Gasteiger partial charge in [0.2, 0.25) is 0 Å². The first kappa shape index (κ1) is 11.9. The minimum absolute atomic E-state index is 0.123. The molecule has 17 heavy (non-hydrogen) atoms. The first-order valence-corrected chi connectivity index (χ1v) is 8.22. The quantitative estimate of drug-likeness (QED) is 0.790. The SMILES string of the molecule is COCC1(CN)C[C@@H]2[C@H](C1)[C@@H]1CS(=O)(=O)C[C@H]21. The van der Waals surface area contributed by atoms with E-state index in [4.69, 9.17) is 10.5 Å². The van der Waals surface area contributed by atoms with E-state index in [1.165, 1.54) is 0 Å². The van der Waals surface area contributed by atoms with Gasteiger partial charge >= 0.3 is 0 Å². The summed E-state index contributed by atoms with van der Waals surface area (Å²) in [5.41, 5.74) is 6.04. The highest BCUT2D eigenvalue weighted by molar-refractivity contribution is 7.91. The monoisotopic (exact) mass is 259 g/mol. The number of methoxy groups -OCH3 is 1. The summed E-state index contributed by atoms with van der Waals surface area (Å²) in [7, 11) is -1.02. The Morgan fingerprint density at radius 2 is 1.71 bits per heavy atom. The zero-order chi connectivity index (χ0) is 12.3. The molecule has 2 N–H and O–H groups in total. The van der Waals surface area contributed by atoms with Gasteiger partial charge in [0.05, 0.1) is 18.1 Å². The lowest BCUT2D eigenvalue weighted by Crippen LogP contribution is -2.42. The molecule has 98 valence electrons. The maximum absolute atomic E-state index is 11.6. The summed E-state index contributed by atoms with van der Waals surface area (Å²) in [4.78, 5) is 0. The number of fused-ring (bicyclic) bond motifs is 4. The molecular formula is C12H21NO3S. The summed E-state index contributed by atoms with van der Waals surface area (Å²) in [6.07, 6.45) is 2.14. The van der Waals surface area contributed by atoms with Crippen LogP contribution in [0, 0.1) is 29.1 Å². The number of hydrogen-bond acceptors (Lipinski definition) is 4. The average molecular weight is 259 g/mol. The Bertz CT molecular complexity index is 393. The Hall–Kier alpha value is -0.130. The fourth-order valence-corrected chi connectivity index (χ4v) is 6.91. The number of hydrogen-bond donors (Lipinski definition) is 1. The Morgan fingerprint density at radius 3 is 2.12 bits per heavy atom. The molecule has 2 aliphatic carbocycles. The van der Waals surface area contributed by atoms with Crippen LogP contribution in [0.4, 0.5) is 0 Å². The van der Waals surface area contributed by atoms with Crippen molar-refractivity contribution in [3.8, 4) is 0 Å². The minimum atomic E-state index is -2.74. The molecule has 0 aromatic rings. The van der Waals surface area contributed by atoms with Gasteiger partial charge in [-0.05, 0) is 36.5 Å². The molecule has 3 aliphatic rings. The molecule has 1 unspecified atom stereocenters. The van der Waals surface area contributed by atoms with E-state index in [9.17, 15) is 8.42 Å². The van der Waals surface area contributed by atoms with Gasteiger partial charge in [-0.15, -0.1) is 0 Å². The van der Waals surface area contributed by atoms with Crippen LogP contribution in [0.1, 0.15) is 12.8 Å². The fraction of sp³-hybridized carbons (Fsp3) is 1.00. The van der Waals surface area contributed by atoms with E-state index in [1.54, 1.807) is 7.11 Å². The van der Waals surface area contributed by atoms with Crippen LogP contribution < -0.4 is 5.73 Å². The topological polar surface area (TPSA) is 69.4 Å². The number of rotatable bonds is 3. The minimum Gasteiger partial charge on any atom is -0.384 e. The van der Waals surface area contributed by atoms with Crippen LogP contribution in [-0.4, -0.2) is 40.2 Å². The van der Waals surface area contributed by atoms with Crippen molar-refractivity contribution in [1.82, 2.24) is 0 Å². The van der Waals surface area contributed by atoms with Crippen molar-refractivity contribution in [2.75, 3.05) is 31.8 Å². The largest absolute Gasteiger partial charge is 0.384 e. The molecule has 5 heteroatoms. The molecule has 0 aromatic carbocycles. The van der Waals surface area contributed by atoms with Crippen LogP contribution in [0.25, 0.3) is 0 Å². The maximum Gasteiger partial charge on any atom is 0.150 e. The summed E-state index contributed by atoms with van der Waals surface area (Å²) in [5.74, 6) is 2.89. The summed E-state index contributed by atoms with van der Waals surface area (Å²) < 4.78 is 28.6. The van der Waals surface area contributed by atoms with Crippen LogP contribution in [0.2, 0.25) is 0 Å². The van der Waals surface area contributed by atoms with Crippen LogP contribution in [0.5, 0.6) is 0 Å². The summed E-state index contributed by atoms with van der Waals surface area (Å²) in [6, 6.07) is 0. The van der Waals surface area contributed by atoms with E-state index in [1.807, 2.05) is 0 Å². The van der Waals surface area contributed by atoms with Gasteiger partial charge in [0.15, 0.2) is 9.84 Å². The second-order valence-corrected chi connectivity index (χ2v) is 8.43. The molecule has 4 nitrogen and oxygen atoms in total. The smallest absolute Gasteiger partial charge is 0.150 e. The van der Waals surface area contributed by atoms with Gasteiger partial charge in [-0.25, -0.2) is 8.42 Å². The lowest BCUT2D eigenvalue weighted by atomic mass is 9.60. The van der Waals surface area contributed by atoms with Crippen LogP contribution in [0.3, 0.4) is 0 Å². The summed E-state index contributed by atoms with van der Waals surface area (Å²) in [6.45, 7) is 1.39. The van der Waals surface area contributed by atoms with Gasteiger partial charge < -0.3 is 10.5 Å². The van der Waals surface area contributed by atoms with E-state index in [0.29, 0.717) is 41.7 Å². The Labute approximate surface area is 103 Å². The van der Waals surface area contributed by atoms with E-state index < -0.39 is 9.84 Å². The van der Waals surface area contributed by atoms with E-state index in [2.05, 4.69) is 0 Å². The molecule has 5 atom stereocenters. The lowest BCUT2D eigenvalue weighted by molar-refractivity contribution is 0.0462. The van der Waals surface area contributed by atoms with Gasteiger partial charge in [0.1, 0.15) is 0 Å². The zero-order valence-corrected chi connectivity index (χ0v) is 11.1. The normalized spacial score (nSPS) is 50.7. The van der Waals surface area contributed by atoms with Crippen LogP contribution in [0.15, 0.2) is 0 Å². The highest BCUT2D eigenvalue weighted by atomic mass is 32.2. The van der Waals surface area contributed by atoms with E-state index in [0.717, 1.165) is 19.4 Å². The first-order valence-electron chi connectivity index (χ1n) is 6.40. The molecule has 0 spiro atoms. The van der Waals surface area contributed by atoms with Gasteiger partial charge in [-0.3, -0.25) is 0 Å². The maximum atomic E-state index is 11.6. The lowest BCUT2D eigenvalue weighted by Gasteiger charge is -2.44. The van der Waals surface area contributed by atoms with Crippen molar-refractivity contribution in [3.05, 3.63) is 0 Å². The van der Waals surface area contributed by atoms with Crippen LogP contribution in [-0.2, 0) is 14.6 Å². The van der Waals surface area contributed by atoms with Crippen LogP contribution >= 0.6 is 0 Å². The van der Waals surface area contributed by atoms with E-state index in [-0.39, 0.29) is 5.41 Å². The second-order valence-electron chi connectivity index (χ2n) is 6.28. The average Bonchev–Trinajstić information content (AvgIpc) is 2.74.